The average molecular weight is 269 g/mol. The smallest absolute Gasteiger partial charge is 0.409 e. The highest BCUT2D eigenvalue weighted by Crippen LogP contribution is 2.26. The fourth-order valence-electron chi connectivity index (χ4n) is 1.51. The minimum atomic E-state index is -0.459. The molecule has 0 saturated carbocycles. The van der Waals surface area contributed by atoms with Gasteiger partial charge in [0.25, 0.3) is 0 Å². The van der Waals surface area contributed by atoms with Gasteiger partial charge in [0, 0.05) is 24.6 Å². The van der Waals surface area contributed by atoms with Crippen LogP contribution in [0.25, 0.3) is 0 Å². The van der Waals surface area contributed by atoms with E-state index in [-0.39, 0.29) is 11.8 Å². The molecule has 18 heavy (non-hydrogen) atoms. The van der Waals surface area contributed by atoms with Crippen molar-refractivity contribution >= 4 is 23.5 Å². The highest BCUT2D eigenvalue weighted by Gasteiger charge is 2.22. The molecule has 0 atom stereocenters. The Hall–Kier alpha value is -1.83. The molecule has 0 radical (unpaired) electrons. The molecule has 8 heteroatoms. The molecule has 1 aliphatic heterocycles. The van der Waals surface area contributed by atoms with Gasteiger partial charge in [-0.25, -0.2) is 9.78 Å². The van der Waals surface area contributed by atoms with Crippen molar-refractivity contribution in [1.29, 1.82) is 0 Å². The van der Waals surface area contributed by atoms with Gasteiger partial charge in [0.2, 0.25) is 0 Å². The van der Waals surface area contributed by atoms with Gasteiger partial charge >= 0.3 is 11.8 Å². The van der Waals surface area contributed by atoms with Gasteiger partial charge in [-0.2, -0.15) is 0 Å². The normalized spacial score (nSPS) is 14.7. The maximum Gasteiger partial charge on any atom is 0.409 e. The fourth-order valence-corrected chi connectivity index (χ4v) is 2.44. The summed E-state index contributed by atoms with van der Waals surface area (Å²) in [6.07, 6.45) is 1.19. The number of aromatic nitrogens is 1. The topological polar surface area (TPSA) is 85.6 Å². The monoisotopic (exact) mass is 269 g/mol. The number of rotatable bonds is 5. The lowest BCUT2D eigenvalue weighted by molar-refractivity contribution is -0.388. The van der Waals surface area contributed by atoms with Gasteiger partial charge in [0.1, 0.15) is 6.61 Å². The highest BCUT2D eigenvalue weighted by molar-refractivity contribution is 7.99. The molecule has 0 spiro atoms. The molecule has 0 aromatic carbocycles. The van der Waals surface area contributed by atoms with Crippen molar-refractivity contribution in [2.24, 2.45) is 0 Å². The summed E-state index contributed by atoms with van der Waals surface area (Å²) in [6, 6.07) is 2.94. The SMILES string of the molecule is O=C1OCCN1CCSc1ncccc1[N+](=O)[O-]. The van der Waals surface area contributed by atoms with Crippen molar-refractivity contribution in [3.8, 4) is 0 Å². The summed E-state index contributed by atoms with van der Waals surface area (Å²) in [5.41, 5.74) is -0.00787. The maximum absolute atomic E-state index is 11.2. The third-order valence-corrected chi connectivity index (χ3v) is 3.37. The molecule has 0 bridgehead atoms. The van der Waals surface area contributed by atoms with E-state index in [2.05, 4.69) is 4.98 Å². The largest absolute Gasteiger partial charge is 0.448 e. The zero-order valence-electron chi connectivity index (χ0n) is 9.44. The Morgan fingerprint density at radius 1 is 1.61 bits per heavy atom. The zero-order chi connectivity index (χ0) is 13.0. The number of ether oxygens (including phenoxy) is 1. The Morgan fingerprint density at radius 3 is 3.11 bits per heavy atom. The number of carbonyl (C=O) groups is 1. The van der Waals surface area contributed by atoms with E-state index >= 15 is 0 Å². The van der Waals surface area contributed by atoms with E-state index in [1.54, 1.807) is 4.90 Å². The molecule has 1 fully saturated rings. The maximum atomic E-state index is 11.2. The second kappa shape index (κ2) is 5.67. The van der Waals surface area contributed by atoms with E-state index in [9.17, 15) is 14.9 Å². The summed E-state index contributed by atoms with van der Waals surface area (Å²) >= 11 is 1.26. The molecule has 7 nitrogen and oxygen atoms in total. The number of thioether (sulfide) groups is 1. The third kappa shape index (κ3) is 2.89. The van der Waals surface area contributed by atoms with Gasteiger partial charge in [-0.15, -0.1) is 0 Å². The van der Waals surface area contributed by atoms with E-state index in [4.69, 9.17) is 4.74 Å². The molecule has 1 saturated heterocycles. The molecule has 0 unspecified atom stereocenters. The van der Waals surface area contributed by atoms with Gasteiger partial charge in [-0.3, -0.25) is 10.1 Å². The van der Waals surface area contributed by atoms with Crippen LogP contribution in [0.1, 0.15) is 0 Å². The van der Waals surface area contributed by atoms with Crippen LogP contribution in [-0.4, -0.2) is 46.3 Å². The molecule has 2 rings (SSSR count). The quantitative estimate of drug-likeness (QED) is 0.458. The number of hydrogen-bond donors (Lipinski definition) is 0. The van der Waals surface area contributed by atoms with Crippen LogP contribution < -0.4 is 0 Å². The van der Waals surface area contributed by atoms with E-state index < -0.39 is 4.92 Å². The van der Waals surface area contributed by atoms with E-state index in [0.717, 1.165) is 0 Å². The molecule has 1 aromatic heterocycles. The summed E-state index contributed by atoms with van der Waals surface area (Å²) in [4.78, 5) is 27.0. The van der Waals surface area contributed by atoms with Crippen molar-refractivity contribution in [2.45, 2.75) is 5.03 Å². The minimum Gasteiger partial charge on any atom is -0.448 e. The van der Waals surface area contributed by atoms with Crippen LogP contribution in [0.15, 0.2) is 23.4 Å². The molecule has 1 amide bonds. The summed E-state index contributed by atoms with van der Waals surface area (Å²) in [5, 5.41) is 11.1. The third-order valence-electron chi connectivity index (χ3n) is 2.39. The van der Waals surface area contributed by atoms with Crippen LogP contribution in [0, 0.1) is 10.1 Å². The predicted molar refractivity (Wildman–Crippen MR) is 64.5 cm³/mol. The lowest BCUT2D eigenvalue weighted by atomic mass is 10.4. The number of amides is 1. The summed E-state index contributed by atoms with van der Waals surface area (Å²) in [6.45, 7) is 1.48. The Labute approximate surface area is 107 Å². The zero-order valence-corrected chi connectivity index (χ0v) is 10.3. The lowest BCUT2D eigenvalue weighted by Gasteiger charge is -2.11. The van der Waals surface area contributed by atoms with E-state index in [1.807, 2.05) is 0 Å². The fraction of sp³-hybridized carbons (Fsp3) is 0.400. The Bertz CT molecular complexity index is 468. The van der Waals surface area contributed by atoms with Crippen LogP contribution in [0.3, 0.4) is 0 Å². The predicted octanol–water partition coefficient (Wildman–Crippen LogP) is 1.53. The van der Waals surface area contributed by atoms with Crippen molar-refractivity contribution in [3.63, 3.8) is 0 Å². The number of nitro groups is 1. The van der Waals surface area contributed by atoms with Gasteiger partial charge in [0.05, 0.1) is 11.5 Å². The van der Waals surface area contributed by atoms with Gasteiger partial charge in [-0.05, 0) is 6.07 Å². The number of hydrogen-bond acceptors (Lipinski definition) is 6. The number of nitrogens with zero attached hydrogens (tertiary/aromatic N) is 3. The molecule has 2 heterocycles. The summed E-state index contributed by atoms with van der Waals surface area (Å²) in [5.74, 6) is 0.549. The summed E-state index contributed by atoms with van der Waals surface area (Å²) in [7, 11) is 0. The van der Waals surface area contributed by atoms with Crippen molar-refractivity contribution in [1.82, 2.24) is 9.88 Å². The standard InChI is InChI=1S/C10H11N3O4S/c14-10-12(4-6-17-10)5-7-18-9-8(13(15)16)2-1-3-11-9/h1-3H,4-7H2. The first-order valence-electron chi connectivity index (χ1n) is 5.32. The van der Waals surface area contributed by atoms with Gasteiger partial charge < -0.3 is 9.64 Å². The van der Waals surface area contributed by atoms with Gasteiger partial charge in [0.15, 0.2) is 5.03 Å². The van der Waals surface area contributed by atoms with Crippen LogP contribution in [0.4, 0.5) is 10.5 Å². The first kappa shape index (κ1) is 12.6. The first-order chi connectivity index (χ1) is 8.68. The van der Waals surface area contributed by atoms with Crippen LogP contribution in [-0.2, 0) is 4.74 Å². The Kier molecular flexibility index (Phi) is 3.98. The Morgan fingerprint density at radius 2 is 2.44 bits per heavy atom. The average Bonchev–Trinajstić information content (AvgIpc) is 2.76. The van der Waals surface area contributed by atoms with E-state index in [0.29, 0.717) is 30.5 Å². The molecule has 1 aliphatic rings. The molecule has 0 N–H and O–H groups in total. The molecular weight excluding hydrogens is 258 g/mol. The van der Waals surface area contributed by atoms with Crippen LogP contribution in [0.5, 0.6) is 0 Å². The van der Waals surface area contributed by atoms with Crippen molar-refractivity contribution < 1.29 is 14.5 Å². The molecular formula is C10H11N3O4S. The second-order valence-electron chi connectivity index (χ2n) is 3.53. The summed E-state index contributed by atoms with van der Waals surface area (Å²) < 4.78 is 4.78. The number of pyridine rings is 1. The van der Waals surface area contributed by atoms with Crippen molar-refractivity contribution in [2.75, 3.05) is 25.4 Å². The lowest BCUT2D eigenvalue weighted by Crippen LogP contribution is -2.26. The van der Waals surface area contributed by atoms with Crippen molar-refractivity contribution in [3.05, 3.63) is 28.4 Å². The van der Waals surface area contributed by atoms with E-state index in [1.165, 1.54) is 30.1 Å². The number of carbonyl (C=O) groups excluding carboxylic acids is 1. The molecule has 0 aliphatic carbocycles. The highest BCUT2D eigenvalue weighted by atomic mass is 32.2. The first-order valence-corrected chi connectivity index (χ1v) is 6.31. The molecule has 96 valence electrons. The molecule has 1 aromatic rings. The second-order valence-corrected chi connectivity index (χ2v) is 4.62. The number of cyclic esters (lactones) is 1. The Balaban J connectivity index is 1.90. The van der Waals surface area contributed by atoms with Crippen LogP contribution >= 0.6 is 11.8 Å². The van der Waals surface area contributed by atoms with Crippen LogP contribution in [0.2, 0.25) is 0 Å². The van der Waals surface area contributed by atoms with Gasteiger partial charge in [-0.1, -0.05) is 11.8 Å². The minimum absolute atomic E-state index is 0.00787.